The van der Waals surface area contributed by atoms with Crippen molar-refractivity contribution in [1.29, 1.82) is 0 Å². The summed E-state index contributed by atoms with van der Waals surface area (Å²) in [5.74, 6) is -2.65. The number of carboxylic acid groups (broad SMARTS) is 1. The van der Waals surface area contributed by atoms with Crippen molar-refractivity contribution in [2.45, 2.75) is 80.0 Å². The van der Waals surface area contributed by atoms with Crippen LogP contribution in [0.2, 0.25) is 0 Å². The average molecular weight is 496 g/mol. The summed E-state index contributed by atoms with van der Waals surface area (Å²) in [7, 11) is 1.07. The number of nitrogens with one attached hydrogen (secondary N) is 1. The van der Waals surface area contributed by atoms with Crippen LogP contribution in [0, 0.1) is 10.8 Å². The summed E-state index contributed by atoms with van der Waals surface area (Å²) < 4.78 is 20.7. The van der Waals surface area contributed by atoms with Gasteiger partial charge in [0.05, 0.1) is 17.9 Å². The van der Waals surface area contributed by atoms with E-state index in [1.54, 1.807) is 48.5 Å². The van der Waals surface area contributed by atoms with Gasteiger partial charge in [-0.25, -0.2) is 9.59 Å². The van der Waals surface area contributed by atoms with Crippen LogP contribution in [0.1, 0.15) is 67.4 Å². The molecule has 1 unspecified atom stereocenters. The Balaban J connectivity index is 3.54. The minimum Gasteiger partial charge on any atom is -0.477 e. The van der Waals surface area contributed by atoms with E-state index in [1.807, 2.05) is 6.92 Å². The van der Waals surface area contributed by atoms with Crippen LogP contribution in [0.15, 0.2) is 18.2 Å². The average Bonchev–Trinajstić information content (AvgIpc) is 2.73. The Morgan fingerprint density at radius 1 is 0.943 bits per heavy atom. The van der Waals surface area contributed by atoms with E-state index in [4.69, 9.17) is 14.2 Å². The largest absolute Gasteiger partial charge is 0.510 e. The molecule has 0 heterocycles. The second-order valence-electron chi connectivity index (χ2n) is 10.4. The predicted molar refractivity (Wildman–Crippen MR) is 127 cm³/mol. The van der Waals surface area contributed by atoms with Crippen LogP contribution in [-0.4, -0.2) is 48.0 Å². The molecule has 1 aromatic rings. The van der Waals surface area contributed by atoms with Crippen molar-refractivity contribution in [2.75, 3.05) is 7.11 Å². The lowest BCUT2D eigenvalue weighted by Gasteiger charge is -2.32. The van der Waals surface area contributed by atoms with E-state index in [9.17, 15) is 24.3 Å². The number of hydrogen-bond donors (Lipinski definition) is 2. The number of methoxy groups -OCH3 is 1. The van der Waals surface area contributed by atoms with Crippen LogP contribution in [0.4, 0.5) is 4.79 Å². The van der Waals surface area contributed by atoms with Gasteiger partial charge in [0.15, 0.2) is 11.5 Å². The molecule has 0 spiro atoms. The van der Waals surface area contributed by atoms with Crippen molar-refractivity contribution in [1.82, 2.24) is 5.32 Å². The molecule has 0 aromatic heterocycles. The first-order valence-corrected chi connectivity index (χ1v) is 11.3. The monoisotopic (exact) mass is 495 g/mol. The molecule has 10 nitrogen and oxygen atoms in total. The Hall–Kier alpha value is -3.14. The van der Waals surface area contributed by atoms with Gasteiger partial charge in [0, 0.05) is 12.5 Å². The zero-order valence-electron chi connectivity index (χ0n) is 21.9. The van der Waals surface area contributed by atoms with Gasteiger partial charge >= 0.3 is 24.1 Å². The topological polar surface area (TPSA) is 137 Å². The van der Waals surface area contributed by atoms with E-state index in [0.29, 0.717) is 12.0 Å². The van der Waals surface area contributed by atoms with Gasteiger partial charge in [0.25, 0.3) is 5.72 Å². The lowest BCUT2D eigenvalue weighted by Crippen LogP contribution is -2.59. The smallest absolute Gasteiger partial charge is 0.477 e. The Morgan fingerprint density at radius 3 is 1.89 bits per heavy atom. The van der Waals surface area contributed by atoms with E-state index in [1.165, 1.54) is 18.2 Å². The molecule has 0 aliphatic rings. The molecule has 1 rings (SSSR count). The fourth-order valence-corrected chi connectivity index (χ4v) is 2.60. The molecule has 2 atom stereocenters. The number of hydrogen-bond acceptors (Lipinski definition) is 9. The van der Waals surface area contributed by atoms with Gasteiger partial charge in [-0.2, -0.15) is 0 Å². The maximum Gasteiger partial charge on any atom is 0.510 e. The lowest BCUT2D eigenvalue weighted by molar-refractivity contribution is -0.166. The summed E-state index contributed by atoms with van der Waals surface area (Å²) >= 11 is 0. The van der Waals surface area contributed by atoms with Gasteiger partial charge in [-0.15, -0.1) is 0 Å². The molecule has 0 radical (unpaired) electrons. The first-order chi connectivity index (χ1) is 15.9. The van der Waals surface area contributed by atoms with Crippen LogP contribution < -0.4 is 14.8 Å². The van der Waals surface area contributed by atoms with Gasteiger partial charge in [0.1, 0.15) is 0 Å². The fraction of sp³-hybridized carbons (Fsp3) is 0.600. The second kappa shape index (κ2) is 11.5. The number of ether oxygens (including phenoxy) is 4. The number of benzene rings is 1. The van der Waals surface area contributed by atoms with Gasteiger partial charge in [-0.05, 0) is 72.6 Å². The third-order valence-electron chi connectivity index (χ3n) is 4.95. The normalized spacial score (nSPS) is 14.3. The van der Waals surface area contributed by atoms with Gasteiger partial charge in [-0.3, -0.25) is 14.9 Å². The third kappa shape index (κ3) is 8.54. The lowest BCUT2D eigenvalue weighted by atomic mass is 9.97. The van der Waals surface area contributed by atoms with Crippen LogP contribution in [0.3, 0.4) is 0 Å². The summed E-state index contributed by atoms with van der Waals surface area (Å²) in [4.78, 5) is 49.3. The SMILES string of the molecule is CCC(C)N[C@@](Cc1ccc(OC(=O)C(C)(C)C)c(OC(=O)C(C)(C)C)c1)(OC(=O)OC)C(=O)O. The Labute approximate surface area is 206 Å². The van der Waals surface area contributed by atoms with Crippen LogP contribution >= 0.6 is 0 Å². The highest BCUT2D eigenvalue weighted by molar-refractivity contribution is 5.82. The highest BCUT2D eigenvalue weighted by Crippen LogP contribution is 2.34. The number of carboxylic acids is 1. The number of carbonyl (C=O) groups excluding carboxylic acids is 3. The Morgan fingerprint density at radius 2 is 1.46 bits per heavy atom. The van der Waals surface area contributed by atoms with Crippen molar-refractivity contribution < 1.29 is 43.2 Å². The molecular weight excluding hydrogens is 458 g/mol. The summed E-state index contributed by atoms with van der Waals surface area (Å²) in [6.45, 7) is 13.6. The van der Waals surface area contributed by atoms with Gasteiger partial charge in [-0.1, -0.05) is 13.0 Å². The van der Waals surface area contributed by atoms with Crippen LogP contribution in [0.5, 0.6) is 11.5 Å². The Kier molecular flexibility index (Phi) is 9.84. The fourth-order valence-electron chi connectivity index (χ4n) is 2.60. The zero-order valence-corrected chi connectivity index (χ0v) is 21.9. The van der Waals surface area contributed by atoms with Gasteiger partial charge < -0.3 is 24.1 Å². The molecule has 0 bridgehead atoms. The molecular formula is C25H37NO9. The summed E-state index contributed by atoms with van der Waals surface area (Å²) in [5, 5.41) is 12.8. The van der Waals surface area contributed by atoms with Crippen molar-refractivity contribution in [3.05, 3.63) is 23.8 Å². The second-order valence-corrected chi connectivity index (χ2v) is 10.4. The van der Waals surface area contributed by atoms with E-state index in [-0.39, 0.29) is 24.0 Å². The molecule has 196 valence electrons. The summed E-state index contributed by atoms with van der Waals surface area (Å²) in [5.41, 5.74) is -3.52. The molecule has 0 fully saturated rings. The summed E-state index contributed by atoms with van der Waals surface area (Å²) in [6.07, 6.45) is -0.969. The van der Waals surface area contributed by atoms with Gasteiger partial charge in [0.2, 0.25) is 0 Å². The van der Waals surface area contributed by atoms with Crippen molar-refractivity contribution in [3.63, 3.8) is 0 Å². The maximum atomic E-state index is 12.6. The molecule has 0 saturated carbocycles. The zero-order chi connectivity index (χ0) is 27.2. The highest BCUT2D eigenvalue weighted by Gasteiger charge is 2.44. The molecule has 35 heavy (non-hydrogen) atoms. The van der Waals surface area contributed by atoms with E-state index >= 15 is 0 Å². The minimum absolute atomic E-state index is 0.00373. The first-order valence-electron chi connectivity index (χ1n) is 11.3. The minimum atomic E-state index is -2.17. The van der Waals surface area contributed by atoms with E-state index in [0.717, 1.165) is 7.11 Å². The number of esters is 2. The summed E-state index contributed by atoms with van der Waals surface area (Å²) in [6, 6.07) is 3.95. The molecule has 10 heteroatoms. The standard InChI is InChI=1S/C25H37NO9/c1-10-15(2)26-25(19(27)28,35-22(31)32-9)14-16-11-12-17(33-20(29)23(3,4)5)18(13-16)34-21(30)24(6,7)8/h11-13,15,26H,10,14H2,1-9H3,(H,27,28)/t15?,25-/m0/s1. The number of carbonyl (C=O) groups is 4. The van der Waals surface area contributed by atoms with Crippen molar-refractivity contribution in [2.24, 2.45) is 10.8 Å². The van der Waals surface area contributed by atoms with Crippen LogP contribution in [0.25, 0.3) is 0 Å². The number of aliphatic carboxylic acids is 1. The first kappa shape index (κ1) is 29.9. The molecule has 0 amide bonds. The Bertz CT molecular complexity index is 943. The molecule has 0 aliphatic carbocycles. The quantitative estimate of drug-likeness (QED) is 0.293. The molecule has 1 aromatic carbocycles. The molecule has 0 aliphatic heterocycles. The number of rotatable bonds is 9. The van der Waals surface area contributed by atoms with Crippen molar-refractivity contribution >= 4 is 24.1 Å². The van der Waals surface area contributed by atoms with E-state index < -0.39 is 40.6 Å². The predicted octanol–water partition coefficient (Wildman–Crippen LogP) is 4.08. The molecule has 0 saturated heterocycles. The van der Waals surface area contributed by atoms with Crippen molar-refractivity contribution in [3.8, 4) is 11.5 Å². The maximum absolute atomic E-state index is 12.6. The van der Waals surface area contributed by atoms with E-state index in [2.05, 4.69) is 10.1 Å². The third-order valence-corrected chi connectivity index (χ3v) is 4.95. The molecule has 2 N–H and O–H groups in total. The highest BCUT2D eigenvalue weighted by atomic mass is 16.7. The van der Waals surface area contributed by atoms with Crippen LogP contribution in [-0.2, 0) is 30.3 Å².